The molecule has 13 heavy (non-hydrogen) atoms. The SMILES string of the molecule is CC(COc1ccc(C)cc1)=NO. The molecule has 1 rings (SSSR count). The predicted octanol–water partition coefficient (Wildman–Crippen LogP) is 2.22. The molecule has 3 nitrogen and oxygen atoms in total. The summed E-state index contributed by atoms with van der Waals surface area (Å²) in [5, 5.41) is 11.4. The first kappa shape index (κ1) is 9.58. The van der Waals surface area contributed by atoms with Crippen LogP contribution in [-0.2, 0) is 0 Å². The maximum absolute atomic E-state index is 8.36. The van der Waals surface area contributed by atoms with Crippen molar-refractivity contribution in [3.05, 3.63) is 29.8 Å². The lowest BCUT2D eigenvalue weighted by atomic mass is 10.2. The Labute approximate surface area is 77.6 Å². The fourth-order valence-corrected chi connectivity index (χ4v) is 0.851. The molecule has 0 unspecified atom stereocenters. The Bertz CT molecular complexity index is 290. The van der Waals surface area contributed by atoms with Gasteiger partial charge in [0.25, 0.3) is 0 Å². The van der Waals surface area contributed by atoms with Gasteiger partial charge >= 0.3 is 0 Å². The van der Waals surface area contributed by atoms with E-state index in [4.69, 9.17) is 9.94 Å². The lowest BCUT2D eigenvalue weighted by Crippen LogP contribution is -2.07. The highest BCUT2D eigenvalue weighted by Gasteiger charge is 1.94. The zero-order valence-electron chi connectivity index (χ0n) is 7.82. The highest BCUT2D eigenvalue weighted by Crippen LogP contribution is 2.10. The number of benzene rings is 1. The van der Waals surface area contributed by atoms with Crippen LogP contribution in [0.5, 0.6) is 5.75 Å². The Kier molecular flexibility index (Phi) is 3.31. The van der Waals surface area contributed by atoms with Crippen LogP contribution in [0.25, 0.3) is 0 Å². The molecule has 0 aliphatic carbocycles. The second-order valence-corrected chi connectivity index (χ2v) is 2.94. The van der Waals surface area contributed by atoms with E-state index in [-0.39, 0.29) is 0 Å². The fourth-order valence-electron chi connectivity index (χ4n) is 0.851. The van der Waals surface area contributed by atoms with E-state index < -0.39 is 0 Å². The minimum absolute atomic E-state index is 0.319. The van der Waals surface area contributed by atoms with Gasteiger partial charge in [0.2, 0.25) is 0 Å². The first-order valence-corrected chi connectivity index (χ1v) is 4.09. The average Bonchev–Trinajstić information content (AvgIpc) is 2.16. The van der Waals surface area contributed by atoms with Crippen LogP contribution in [0.15, 0.2) is 29.4 Å². The van der Waals surface area contributed by atoms with E-state index in [1.54, 1.807) is 6.92 Å². The molecule has 0 aliphatic rings. The maximum Gasteiger partial charge on any atom is 0.129 e. The van der Waals surface area contributed by atoms with Gasteiger partial charge in [-0.25, -0.2) is 0 Å². The maximum atomic E-state index is 8.36. The monoisotopic (exact) mass is 179 g/mol. The Morgan fingerprint density at radius 2 is 2.00 bits per heavy atom. The topological polar surface area (TPSA) is 41.8 Å². The molecule has 0 radical (unpaired) electrons. The van der Waals surface area contributed by atoms with Gasteiger partial charge in [0.1, 0.15) is 12.4 Å². The van der Waals surface area contributed by atoms with Gasteiger partial charge in [0.05, 0.1) is 5.71 Å². The molecule has 0 atom stereocenters. The molecule has 0 amide bonds. The van der Waals surface area contributed by atoms with Crippen molar-refractivity contribution < 1.29 is 9.94 Å². The van der Waals surface area contributed by atoms with Gasteiger partial charge in [0.15, 0.2) is 0 Å². The lowest BCUT2D eigenvalue weighted by molar-refractivity contribution is 0.307. The van der Waals surface area contributed by atoms with Crippen molar-refractivity contribution >= 4 is 5.71 Å². The van der Waals surface area contributed by atoms with Crippen molar-refractivity contribution in [1.29, 1.82) is 0 Å². The van der Waals surface area contributed by atoms with Gasteiger partial charge in [-0.05, 0) is 26.0 Å². The molecule has 0 heterocycles. The molecule has 0 aliphatic heterocycles. The van der Waals surface area contributed by atoms with Crippen molar-refractivity contribution in [3.8, 4) is 5.75 Å². The van der Waals surface area contributed by atoms with E-state index in [1.807, 2.05) is 31.2 Å². The third kappa shape index (κ3) is 3.15. The number of aryl methyl sites for hydroxylation is 1. The van der Waals surface area contributed by atoms with Crippen LogP contribution in [-0.4, -0.2) is 17.5 Å². The van der Waals surface area contributed by atoms with E-state index in [1.165, 1.54) is 5.56 Å². The minimum atomic E-state index is 0.319. The summed E-state index contributed by atoms with van der Waals surface area (Å²) in [6, 6.07) is 7.72. The van der Waals surface area contributed by atoms with Crippen molar-refractivity contribution in [3.63, 3.8) is 0 Å². The number of nitrogens with zero attached hydrogens (tertiary/aromatic N) is 1. The van der Waals surface area contributed by atoms with Crippen LogP contribution < -0.4 is 4.74 Å². The zero-order chi connectivity index (χ0) is 9.68. The van der Waals surface area contributed by atoms with Gasteiger partial charge in [0, 0.05) is 0 Å². The molecule has 70 valence electrons. The molecule has 1 aromatic carbocycles. The van der Waals surface area contributed by atoms with Crippen LogP contribution in [0.4, 0.5) is 0 Å². The Hall–Kier alpha value is -1.51. The molecule has 0 saturated heterocycles. The molecule has 1 N–H and O–H groups in total. The van der Waals surface area contributed by atoms with Crippen LogP contribution in [0.1, 0.15) is 12.5 Å². The van der Waals surface area contributed by atoms with Crippen LogP contribution in [0, 0.1) is 6.92 Å². The Morgan fingerprint density at radius 1 is 1.38 bits per heavy atom. The van der Waals surface area contributed by atoms with E-state index in [2.05, 4.69) is 5.16 Å². The molecule has 0 bridgehead atoms. The number of rotatable bonds is 3. The number of hydrogen-bond acceptors (Lipinski definition) is 3. The summed E-state index contributed by atoms with van der Waals surface area (Å²) in [5.41, 5.74) is 1.75. The largest absolute Gasteiger partial charge is 0.488 e. The van der Waals surface area contributed by atoms with Crippen LogP contribution in [0.3, 0.4) is 0 Å². The highest BCUT2D eigenvalue weighted by molar-refractivity contribution is 5.82. The third-order valence-electron chi connectivity index (χ3n) is 1.64. The standard InChI is InChI=1S/C10H13NO2/c1-8-3-5-10(6-4-8)13-7-9(2)11-12/h3-6,12H,7H2,1-2H3. The summed E-state index contributed by atoms with van der Waals surface area (Å²) in [6.07, 6.45) is 0. The number of oxime groups is 1. The smallest absolute Gasteiger partial charge is 0.129 e. The van der Waals surface area contributed by atoms with Gasteiger partial charge in [-0.15, -0.1) is 0 Å². The summed E-state index contributed by atoms with van der Waals surface area (Å²) in [4.78, 5) is 0. The van der Waals surface area contributed by atoms with Gasteiger partial charge in [-0.2, -0.15) is 0 Å². The summed E-state index contributed by atoms with van der Waals surface area (Å²) in [7, 11) is 0. The molecule has 0 aromatic heterocycles. The average molecular weight is 179 g/mol. The predicted molar refractivity (Wildman–Crippen MR) is 51.6 cm³/mol. The third-order valence-corrected chi connectivity index (χ3v) is 1.64. The first-order valence-electron chi connectivity index (χ1n) is 4.09. The summed E-state index contributed by atoms with van der Waals surface area (Å²) >= 11 is 0. The second kappa shape index (κ2) is 4.50. The van der Waals surface area contributed by atoms with Crippen molar-refractivity contribution in [2.24, 2.45) is 5.16 Å². The van der Waals surface area contributed by atoms with E-state index in [0.29, 0.717) is 12.3 Å². The van der Waals surface area contributed by atoms with Gasteiger partial charge in [-0.1, -0.05) is 22.9 Å². The Balaban J connectivity index is 2.51. The molecule has 1 aromatic rings. The van der Waals surface area contributed by atoms with E-state index >= 15 is 0 Å². The van der Waals surface area contributed by atoms with E-state index in [0.717, 1.165) is 5.75 Å². The normalized spacial score (nSPS) is 11.4. The first-order chi connectivity index (χ1) is 6.22. The van der Waals surface area contributed by atoms with Gasteiger partial charge < -0.3 is 9.94 Å². The fraction of sp³-hybridized carbons (Fsp3) is 0.300. The molecular weight excluding hydrogens is 166 g/mol. The van der Waals surface area contributed by atoms with Gasteiger partial charge in [-0.3, -0.25) is 0 Å². The lowest BCUT2D eigenvalue weighted by Gasteiger charge is -2.04. The quantitative estimate of drug-likeness (QED) is 0.439. The van der Waals surface area contributed by atoms with Crippen molar-refractivity contribution in [1.82, 2.24) is 0 Å². The molecule has 0 fully saturated rings. The Morgan fingerprint density at radius 3 is 2.54 bits per heavy atom. The summed E-state index contributed by atoms with van der Waals surface area (Å²) in [6.45, 7) is 4.04. The molecule has 0 saturated carbocycles. The van der Waals surface area contributed by atoms with Crippen molar-refractivity contribution in [2.75, 3.05) is 6.61 Å². The molecule has 0 spiro atoms. The minimum Gasteiger partial charge on any atom is -0.488 e. The molecular formula is C10H13NO2. The second-order valence-electron chi connectivity index (χ2n) is 2.94. The number of ether oxygens (including phenoxy) is 1. The number of hydrogen-bond donors (Lipinski definition) is 1. The van der Waals surface area contributed by atoms with Crippen molar-refractivity contribution in [2.45, 2.75) is 13.8 Å². The molecule has 3 heteroatoms. The highest BCUT2D eigenvalue weighted by atomic mass is 16.5. The summed E-state index contributed by atoms with van der Waals surface area (Å²) < 4.78 is 5.32. The van der Waals surface area contributed by atoms with Crippen LogP contribution >= 0.6 is 0 Å². The van der Waals surface area contributed by atoms with E-state index in [9.17, 15) is 0 Å². The van der Waals surface area contributed by atoms with Crippen LogP contribution in [0.2, 0.25) is 0 Å². The summed E-state index contributed by atoms with van der Waals surface area (Å²) in [5.74, 6) is 0.786. The zero-order valence-corrected chi connectivity index (χ0v) is 7.82.